The summed E-state index contributed by atoms with van der Waals surface area (Å²) >= 11 is 8.45. The van der Waals surface area contributed by atoms with E-state index in [9.17, 15) is 4.79 Å². The number of hydrogen-bond donors (Lipinski definition) is 2. The van der Waals surface area contributed by atoms with Crippen molar-refractivity contribution in [3.63, 3.8) is 0 Å². The molecule has 0 spiro atoms. The normalized spacial score (nSPS) is 10.8. The standard InChI is InChI=1S/C16H17BrN2O3S/c1-9(2)5-6-22-14-4-3-10(7-11(14)17)12-8-13(15(20)21)19-16(23)18-12/h3-4,7-9H,5-6H2,1-2H3,(H,20,21)(H,18,19,23). The molecule has 0 saturated carbocycles. The summed E-state index contributed by atoms with van der Waals surface area (Å²) in [7, 11) is 0. The number of carboxylic acids is 1. The Labute approximate surface area is 147 Å². The third-order valence-electron chi connectivity index (χ3n) is 3.16. The fourth-order valence-electron chi connectivity index (χ4n) is 1.90. The molecule has 0 bridgehead atoms. The number of aromatic carboxylic acids is 1. The van der Waals surface area contributed by atoms with Crippen LogP contribution in [0.3, 0.4) is 0 Å². The van der Waals surface area contributed by atoms with Gasteiger partial charge in [-0.1, -0.05) is 13.8 Å². The summed E-state index contributed by atoms with van der Waals surface area (Å²) < 4.78 is 6.66. The molecule has 2 aromatic rings. The van der Waals surface area contributed by atoms with Crippen molar-refractivity contribution in [1.29, 1.82) is 0 Å². The monoisotopic (exact) mass is 396 g/mol. The lowest BCUT2D eigenvalue weighted by atomic mass is 10.1. The maximum Gasteiger partial charge on any atom is 0.352 e. The molecule has 1 aromatic carbocycles. The SMILES string of the molecule is CC(C)CCOc1ccc(-c2cc(C(=O)O)[nH]c(=S)n2)cc1Br. The Morgan fingerprint density at radius 3 is 2.78 bits per heavy atom. The van der Waals surface area contributed by atoms with Gasteiger partial charge in [0, 0.05) is 5.56 Å². The van der Waals surface area contributed by atoms with Crippen LogP contribution in [0.1, 0.15) is 30.8 Å². The zero-order valence-corrected chi connectivity index (χ0v) is 15.2. The second-order valence-corrected chi connectivity index (χ2v) is 6.71. The molecular formula is C16H17BrN2O3S. The van der Waals surface area contributed by atoms with Gasteiger partial charge in [0.15, 0.2) is 4.77 Å². The second kappa shape index (κ2) is 7.70. The van der Waals surface area contributed by atoms with Crippen molar-refractivity contribution in [3.05, 3.63) is 39.2 Å². The molecule has 0 radical (unpaired) electrons. The van der Waals surface area contributed by atoms with Crippen molar-refractivity contribution in [2.45, 2.75) is 20.3 Å². The van der Waals surface area contributed by atoms with Gasteiger partial charge >= 0.3 is 5.97 Å². The number of aromatic nitrogens is 2. The van der Waals surface area contributed by atoms with Crippen LogP contribution >= 0.6 is 28.1 Å². The van der Waals surface area contributed by atoms with Crippen molar-refractivity contribution in [2.75, 3.05) is 6.61 Å². The van der Waals surface area contributed by atoms with E-state index in [1.807, 2.05) is 18.2 Å². The van der Waals surface area contributed by atoms with Gasteiger partial charge < -0.3 is 14.8 Å². The number of nitrogens with zero attached hydrogens (tertiary/aromatic N) is 1. The summed E-state index contributed by atoms with van der Waals surface area (Å²) in [6, 6.07) is 6.96. The Balaban J connectivity index is 2.26. The van der Waals surface area contributed by atoms with Gasteiger partial charge in [-0.15, -0.1) is 0 Å². The Bertz CT molecular complexity index is 774. The molecule has 1 heterocycles. The van der Waals surface area contributed by atoms with Gasteiger partial charge in [-0.05, 0) is 64.8 Å². The number of ether oxygens (including phenoxy) is 1. The minimum absolute atomic E-state index is 0.00776. The number of H-pyrrole nitrogens is 1. The lowest BCUT2D eigenvalue weighted by molar-refractivity contribution is 0.0690. The molecule has 122 valence electrons. The van der Waals surface area contributed by atoms with Gasteiger partial charge in [0.2, 0.25) is 0 Å². The lowest BCUT2D eigenvalue weighted by Gasteiger charge is -2.11. The topological polar surface area (TPSA) is 75.2 Å². The molecule has 2 rings (SSSR count). The first kappa shape index (κ1) is 17.6. The van der Waals surface area contributed by atoms with E-state index >= 15 is 0 Å². The van der Waals surface area contributed by atoms with Gasteiger partial charge in [-0.25, -0.2) is 9.78 Å². The van der Waals surface area contributed by atoms with E-state index in [0.717, 1.165) is 22.2 Å². The molecule has 0 aliphatic heterocycles. The first-order chi connectivity index (χ1) is 10.9. The van der Waals surface area contributed by atoms with Crippen LogP contribution in [0, 0.1) is 10.7 Å². The highest BCUT2D eigenvalue weighted by molar-refractivity contribution is 9.10. The quantitative estimate of drug-likeness (QED) is 0.692. The maximum absolute atomic E-state index is 11.1. The van der Waals surface area contributed by atoms with E-state index in [2.05, 4.69) is 39.7 Å². The highest BCUT2D eigenvalue weighted by atomic mass is 79.9. The lowest BCUT2D eigenvalue weighted by Crippen LogP contribution is -2.03. The number of carboxylic acid groups (broad SMARTS) is 1. The summed E-state index contributed by atoms with van der Waals surface area (Å²) in [5, 5.41) is 9.09. The third-order valence-corrected chi connectivity index (χ3v) is 3.97. The molecular weight excluding hydrogens is 380 g/mol. The largest absolute Gasteiger partial charge is 0.492 e. The highest BCUT2D eigenvalue weighted by Gasteiger charge is 2.10. The Kier molecular flexibility index (Phi) is 5.90. The zero-order valence-electron chi connectivity index (χ0n) is 12.8. The van der Waals surface area contributed by atoms with E-state index in [-0.39, 0.29) is 10.5 Å². The Hall–Kier alpha value is -1.73. The van der Waals surface area contributed by atoms with Crippen molar-refractivity contribution in [3.8, 4) is 17.0 Å². The van der Waals surface area contributed by atoms with E-state index < -0.39 is 5.97 Å². The van der Waals surface area contributed by atoms with Gasteiger partial charge in [0.1, 0.15) is 11.4 Å². The summed E-state index contributed by atoms with van der Waals surface area (Å²) in [5.41, 5.74) is 1.27. The average Bonchev–Trinajstić information content (AvgIpc) is 2.47. The predicted octanol–water partition coefficient (Wildman–Crippen LogP) is 4.69. The third kappa shape index (κ3) is 4.87. The van der Waals surface area contributed by atoms with Gasteiger partial charge in [-0.2, -0.15) is 0 Å². The maximum atomic E-state index is 11.1. The van der Waals surface area contributed by atoms with E-state index in [1.165, 1.54) is 6.07 Å². The molecule has 0 unspecified atom stereocenters. The smallest absolute Gasteiger partial charge is 0.352 e. The van der Waals surface area contributed by atoms with Crippen LogP contribution in [0.15, 0.2) is 28.7 Å². The van der Waals surface area contributed by atoms with Gasteiger partial charge in [0.05, 0.1) is 16.8 Å². The molecule has 0 amide bonds. The van der Waals surface area contributed by atoms with Gasteiger partial charge in [0.25, 0.3) is 0 Å². The molecule has 0 fully saturated rings. The molecule has 5 nitrogen and oxygen atoms in total. The van der Waals surface area contributed by atoms with Gasteiger partial charge in [-0.3, -0.25) is 0 Å². The van der Waals surface area contributed by atoms with Crippen LogP contribution in [0.5, 0.6) is 5.75 Å². The first-order valence-electron chi connectivity index (χ1n) is 7.14. The van der Waals surface area contributed by atoms with Crippen molar-refractivity contribution >= 4 is 34.1 Å². The highest BCUT2D eigenvalue weighted by Crippen LogP contribution is 2.30. The second-order valence-electron chi connectivity index (χ2n) is 5.47. The number of hydrogen-bond acceptors (Lipinski definition) is 4. The van der Waals surface area contributed by atoms with Crippen LogP contribution < -0.4 is 4.74 Å². The van der Waals surface area contributed by atoms with Crippen LogP contribution in [0.4, 0.5) is 0 Å². The van der Waals surface area contributed by atoms with E-state index in [0.29, 0.717) is 18.2 Å². The van der Waals surface area contributed by atoms with E-state index in [1.54, 1.807) is 0 Å². The summed E-state index contributed by atoms with van der Waals surface area (Å²) in [6.45, 7) is 4.94. The van der Waals surface area contributed by atoms with Crippen molar-refractivity contribution in [2.24, 2.45) is 5.92 Å². The predicted molar refractivity (Wildman–Crippen MR) is 94.5 cm³/mol. The molecule has 2 N–H and O–H groups in total. The molecule has 0 aliphatic carbocycles. The summed E-state index contributed by atoms with van der Waals surface area (Å²) in [5.74, 6) is 0.249. The molecule has 1 aromatic heterocycles. The number of rotatable bonds is 6. The average molecular weight is 397 g/mol. The van der Waals surface area contributed by atoms with Crippen LogP contribution in [-0.4, -0.2) is 27.7 Å². The van der Waals surface area contributed by atoms with Crippen LogP contribution in [-0.2, 0) is 0 Å². The number of aromatic amines is 1. The molecule has 0 aliphatic rings. The van der Waals surface area contributed by atoms with Crippen molar-refractivity contribution in [1.82, 2.24) is 9.97 Å². The molecule has 0 saturated heterocycles. The fourth-order valence-corrected chi connectivity index (χ4v) is 2.60. The van der Waals surface area contributed by atoms with Crippen molar-refractivity contribution < 1.29 is 14.6 Å². The molecule has 23 heavy (non-hydrogen) atoms. The summed E-state index contributed by atoms with van der Waals surface area (Å²) in [4.78, 5) is 17.8. The summed E-state index contributed by atoms with van der Waals surface area (Å²) in [6.07, 6.45) is 0.978. The fraction of sp³-hybridized carbons (Fsp3) is 0.312. The Morgan fingerprint density at radius 1 is 1.43 bits per heavy atom. The van der Waals surface area contributed by atoms with E-state index in [4.69, 9.17) is 22.1 Å². The number of nitrogens with one attached hydrogen (secondary N) is 1. The number of halogens is 1. The zero-order chi connectivity index (χ0) is 17.0. The van der Waals surface area contributed by atoms with Crippen LogP contribution in [0.2, 0.25) is 0 Å². The minimum atomic E-state index is -1.08. The Morgan fingerprint density at radius 2 is 2.17 bits per heavy atom. The molecule has 0 atom stereocenters. The van der Waals surface area contributed by atoms with Crippen LogP contribution in [0.25, 0.3) is 11.3 Å². The number of benzene rings is 1. The number of carbonyl (C=O) groups is 1. The first-order valence-corrected chi connectivity index (χ1v) is 8.34. The molecule has 7 heteroatoms. The minimum Gasteiger partial charge on any atom is -0.492 e.